The van der Waals surface area contributed by atoms with Crippen LogP contribution in [0.1, 0.15) is 426 Å². The Kier molecular flexibility index (Phi) is 36.5. The van der Waals surface area contributed by atoms with Crippen LogP contribution in [0.4, 0.5) is 0 Å². The van der Waals surface area contributed by atoms with Crippen LogP contribution >= 0.6 is 0 Å². The van der Waals surface area contributed by atoms with Crippen molar-refractivity contribution >= 4 is 0 Å². The van der Waals surface area contributed by atoms with Crippen molar-refractivity contribution in [2.45, 2.75) is 416 Å². The highest BCUT2D eigenvalue weighted by atomic mass is 14.4. The van der Waals surface area contributed by atoms with E-state index >= 15 is 0 Å². The van der Waals surface area contributed by atoms with E-state index in [1.165, 1.54) is 347 Å². The zero-order valence-electron chi connectivity index (χ0n) is 57.2. The van der Waals surface area contributed by atoms with Gasteiger partial charge in [-0.25, -0.2) is 0 Å². The van der Waals surface area contributed by atoms with E-state index in [4.69, 9.17) is 0 Å². The van der Waals surface area contributed by atoms with Gasteiger partial charge < -0.3 is 0 Å². The zero-order valence-corrected chi connectivity index (χ0v) is 57.2. The van der Waals surface area contributed by atoms with E-state index in [1.54, 1.807) is 0 Å². The van der Waals surface area contributed by atoms with Crippen molar-refractivity contribution in [3.8, 4) is 0 Å². The molecule has 0 aromatic heterocycles. The maximum absolute atomic E-state index is 2.44. The van der Waals surface area contributed by atoms with E-state index in [0.717, 1.165) is 0 Å². The van der Waals surface area contributed by atoms with Gasteiger partial charge in [-0.15, -0.1) is 0 Å². The SMILES string of the molecule is CCCCCCc1c(CCCCCC)c(CCCCCC)c2c(c1CCCCCC)Cc1c(CCCCCC)c3c(c(CCCCCC)c1C2)Cc1c(CCCCCC)c(CCCCCC)c(CCCCCC)c(CCCCCC)c1C3. The molecule has 3 aromatic rings. The molecule has 0 spiro atoms. The molecule has 2 aliphatic rings. The normalized spacial score (nSPS) is 12.8. The first-order valence-electron chi connectivity index (χ1n) is 37.9. The smallest absolute Gasteiger partial charge is 0.00142 e. The van der Waals surface area contributed by atoms with Gasteiger partial charge >= 0.3 is 0 Å². The van der Waals surface area contributed by atoms with Gasteiger partial charge in [-0.05, 0) is 254 Å². The monoisotopic (exact) mass is 1120 g/mol. The van der Waals surface area contributed by atoms with Gasteiger partial charge in [0.15, 0.2) is 0 Å². The Labute approximate surface area is 513 Å². The summed E-state index contributed by atoms with van der Waals surface area (Å²) in [5, 5.41) is 0. The minimum Gasteiger partial charge on any atom is -0.0654 e. The maximum Gasteiger partial charge on any atom is -0.00142 e. The topological polar surface area (TPSA) is 0 Å². The summed E-state index contributed by atoms with van der Waals surface area (Å²) in [6, 6.07) is 0. The van der Waals surface area contributed by atoms with Crippen molar-refractivity contribution in [2.75, 3.05) is 0 Å². The van der Waals surface area contributed by atoms with Crippen LogP contribution < -0.4 is 0 Å². The Balaban J connectivity index is 1.91. The van der Waals surface area contributed by atoms with Crippen molar-refractivity contribution in [2.24, 2.45) is 0 Å². The number of fused-ring (bicyclic) bond motifs is 4. The quantitative estimate of drug-likeness (QED) is 0.0341. The van der Waals surface area contributed by atoms with E-state index < -0.39 is 0 Å². The molecule has 0 atom stereocenters. The molecule has 0 bridgehead atoms. The number of rotatable bonds is 50. The first kappa shape index (κ1) is 70.4. The lowest BCUT2D eigenvalue weighted by Crippen LogP contribution is -2.26. The second kappa shape index (κ2) is 42.5. The van der Waals surface area contributed by atoms with Crippen LogP contribution in [-0.4, -0.2) is 0 Å². The Morgan fingerprint density at radius 3 is 0.402 bits per heavy atom. The van der Waals surface area contributed by atoms with Crippen molar-refractivity contribution in [3.05, 3.63) is 100 Å². The molecule has 0 aliphatic heterocycles. The minimum atomic E-state index is 1.23. The third-order valence-electron chi connectivity index (χ3n) is 20.8. The summed E-state index contributed by atoms with van der Waals surface area (Å²) >= 11 is 0. The highest BCUT2D eigenvalue weighted by molar-refractivity contribution is 5.67. The van der Waals surface area contributed by atoms with E-state index in [9.17, 15) is 0 Å². The molecule has 2 aliphatic carbocycles. The third-order valence-corrected chi connectivity index (χ3v) is 20.8. The predicted molar refractivity (Wildman–Crippen MR) is 369 cm³/mol. The standard InChI is InChI=1S/C82H138/c1-11-21-31-41-51-65-66(52-42-32-22-12-2)70(56-46-36-26-16-6)76-62-80-74(60-50-40-30-20-10)82-64-78-72(58-48-38-28-18-8)68(54-44-34-24-14-4)67(53-43-33-23-13-3)71(57-47-37-27-17-7)77(78)63-81(82)73(59-49-39-29-19-9)79(80)61-75(76)69(65)55-45-35-25-15-5/h11-64H2,1-10H3. The summed E-state index contributed by atoms with van der Waals surface area (Å²) in [6.07, 6.45) is 72.8. The summed E-state index contributed by atoms with van der Waals surface area (Å²) in [5.41, 5.74) is 34.0. The lowest BCUT2D eigenvalue weighted by Gasteiger charge is -2.38. The molecule has 5 rings (SSSR count). The summed E-state index contributed by atoms with van der Waals surface area (Å²) < 4.78 is 0. The highest BCUT2D eigenvalue weighted by Crippen LogP contribution is 2.48. The molecule has 0 radical (unpaired) electrons. The van der Waals surface area contributed by atoms with Gasteiger partial charge in [0.2, 0.25) is 0 Å². The molecule has 0 saturated carbocycles. The van der Waals surface area contributed by atoms with E-state index in [-0.39, 0.29) is 0 Å². The molecule has 0 amide bonds. The zero-order chi connectivity index (χ0) is 58.6. The average Bonchev–Trinajstić information content (AvgIpc) is 3.12. The number of benzene rings is 3. The van der Waals surface area contributed by atoms with Crippen LogP contribution in [0.15, 0.2) is 0 Å². The van der Waals surface area contributed by atoms with Crippen LogP contribution in [0.5, 0.6) is 0 Å². The fourth-order valence-corrected chi connectivity index (χ4v) is 16.0. The van der Waals surface area contributed by atoms with Gasteiger partial charge in [-0.2, -0.15) is 0 Å². The van der Waals surface area contributed by atoms with Crippen molar-refractivity contribution in [3.63, 3.8) is 0 Å². The van der Waals surface area contributed by atoms with Gasteiger partial charge in [0.1, 0.15) is 0 Å². The van der Waals surface area contributed by atoms with E-state index in [2.05, 4.69) is 69.2 Å². The summed E-state index contributed by atoms with van der Waals surface area (Å²) in [5.74, 6) is 0. The van der Waals surface area contributed by atoms with Gasteiger partial charge in [0.25, 0.3) is 0 Å². The van der Waals surface area contributed by atoms with Crippen molar-refractivity contribution in [1.82, 2.24) is 0 Å². The number of unbranched alkanes of at least 4 members (excludes halogenated alkanes) is 30. The molecule has 0 unspecified atom stereocenters. The average molecular weight is 1120 g/mol. The molecule has 3 aromatic carbocycles. The molecular weight excluding hydrogens is 985 g/mol. The predicted octanol–water partition coefficient (Wildman–Crippen LogP) is 25.9. The Morgan fingerprint density at radius 1 is 0.134 bits per heavy atom. The molecule has 0 nitrogen and oxygen atoms in total. The van der Waals surface area contributed by atoms with Gasteiger partial charge in [0, 0.05) is 0 Å². The van der Waals surface area contributed by atoms with Crippen LogP contribution in [0, 0.1) is 0 Å². The Bertz CT molecular complexity index is 1900. The van der Waals surface area contributed by atoms with Gasteiger partial charge in [-0.3, -0.25) is 0 Å². The summed E-state index contributed by atoms with van der Waals surface area (Å²) in [6.45, 7) is 24.2. The van der Waals surface area contributed by atoms with Crippen molar-refractivity contribution in [1.29, 1.82) is 0 Å². The summed E-state index contributed by atoms with van der Waals surface area (Å²) in [7, 11) is 0. The second-order valence-electron chi connectivity index (χ2n) is 27.4. The molecule has 0 fully saturated rings. The fraction of sp³-hybridized carbons (Fsp3) is 0.780. The second-order valence-corrected chi connectivity index (χ2v) is 27.4. The first-order valence-corrected chi connectivity index (χ1v) is 37.9. The number of hydrogen-bond acceptors (Lipinski definition) is 0. The molecule has 466 valence electrons. The van der Waals surface area contributed by atoms with Gasteiger partial charge in [0.05, 0.1) is 0 Å². The van der Waals surface area contributed by atoms with E-state index in [1.807, 2.05) is 100 Å². The van der Waals surface area contributed by atoms with E-state index in [0.29, 0.717) is 0 Å². The number of hydrogen-bond donors (Lipinski definition) is 0. The third kappa shape index (κ3) is 21.5. The molecule has 0 heterocycles. The molecule has 0 saturated heterocycles. The molecular formula is C82H138. The largest absolute Gasteiger partial charge is 0.0654 e. The highest BCUT2D eigenvalue weighted by Gasteiger charge is 2.35. The van der Waals surface area contributed by atoms with Crippen LogP contribution in [0.3, 0.4) is 0 Å². The Morgan fingerprint density at radius 2 is 0.256 bits per heavy atom. The lowest BCUT2D eigenvalue weighted by atomic mass is 9.66. The van der Waals surface area contributed by atoms with Gasteiger partial charge in [-0.1, -0.05) is 262 Å². The van der Waals surface area contributed by atoms with Crippen LogP contribution in [-0.2, 0) is 89.9 Å². The summed E-state index contributed by atoms with van der Waals surface area (Å²) in [4.78, 5) is 0. The van der Waals surface area contributed by atoms with Crippen LogP contribution in [0.2, 0.25) is 0 Å². The first-order chi connectivity index (χ1) is 40.4. The molecule has 82 heavy (non-hydrogen) atoms. The van der Waals surface area contributed by atoms with Crippen LogP contribution in [0.25, 0.3) is 0 Å². The molecule has 0 heteroatoms. The Hall–Kier alpha value is -2.34. The lowest BCUT2D eigenvalue weighted by molar-refractivity contribution is 0.623. The van der Waals surface area contributed by atoms with Crippen molar-refractivity contribution < 1.29 is 0 Å². The fourth-order valence-electron chi connectivity index (χ4n) is 16.0. The minimum absolute atomic E-state index is 1.23. The molecule has 0 N–H and O–H groups in total. The maximum atomic E-state index is 2.44.